The smallest absolute Gasteiger partial charge is 0.416 e. The van der Waals surface area contributed by atoms with Crippen LogP contribution in [0.1, 0.15) is 23.7 Å². The summed E-state index contributed by atoms with van der Waals surface area (Å²) in [5.74, 6) is -3.14. The number of β-lactam (4-membered cyclic amide) rings is 1. The van der Waals surface area contributed by atoms with Gasteiger partial charge < -0.3 is 20.6 Å². The first-order valence-electron chi connectivity index (χ1n) is 10.6. The van der Waals surface area contributed by atoms with Gasteiger partial charge in [-0.25, -0.2) is 4.79 Å². The van der Waals surface area contributed by atoms with Crippen molar-refractivity contribution in [3.05, 3.63) is 46.7 Å². The van der Waals surface area contributed by atoms with Gasteiger partial charge in [0.25, 0.3) is 0 Å². The van der Waals surface area contributed by atoms with Crippen molar-refractivity contribution in [2.45, 2.75) is 40.5 Å². The first kappa shape index (κ1) is 26.9. The molecule has 0 spiro atoms. The molecule has 1 amide bonds. The summed E-state index contributed by atoms with van der Waals surface area (Å²) in [4.78, 5) is 37.5. The van der Waals surface area contributed by atoms with Gasteiger partial charge in [0.1, 0.15) is 17.1 Å². The summed E-state index contributed by atoms with van der Waals surface area (Å²) >= 11 is 2.09. The summed E-state index contributed by atoms with van der Waals surface area (Å²) in [6.07, 6.45) is -6.39. The van der Waals surface area contributed by atoms with Crippen molar-refractivity contribution in [3.8, 4) is 0 Å². The Labute approximate surface area is 214 Å². The number of aromatic amines is 1. The molecule has 2 aliphatic heterocycles. The van der Waals surface area contributed by atoms with Crippen LogP contribution in [0.2, 0.25) is 0 Å². The second-order valence-corrected chi connectivity index (χ2v) is 10.3. The van der Waals surface area contributed by atoms with Crippen molar-refractivity contribution >= 4 is 41.4 Å². The van der Waals surface area contributed by atoms with Gasteiger partial charge in [-0.3, -0.25) is 14.5 Å². The van der Waals surface area contributed by atoms with E-state index in [2.05, 4.69) is 25.9 Å². The Bertz CT molecular complexity index is 1230. The van der Waals surface area contributed by atoms with Crippen molar-refractivity contribution in [2.75, 3.05) is 12.3 Å². The molecule has 2 aromatic rings. The standard InChI is InChI=1S/C20H19F3N6O6S2/c21-20(22,23)9-3-1-2-8(4-9)11(30)6-24-14-16(33)29-15(18(34)35)10(7-36-17(14)29)12(5-13(31)32)37-19-25-27-28-26-19/h1-4,11-12,14,17,24,30H,5-7H2,(H,31,32)(H,34,35)(H,25,26,27,28)/t11?,12?,14?,17-/m0/s1. The van der Waals surface area contributed by atoms with E-state index >= 15 is 0 Å². The highest BCUT2D eigenvalue weighted by atomic mass is 32.2. The highest BCUT2D eigenvalue weighted by Gasteiger charge is 2.54. The van der Waals surface area contributed by atoms with Crippen molar-refractivity contribution < 1.29 is 42.9 Å². The normalized spacial score (nSPS) is 21.3. The fourth-order valence-corrected chi connectivity index (χ4v) is 6.50. The predicted molar refractivity (Wildman–Crippen MR) is 122 cm³/mol. The molecule has 3 heterocycles. The molecule has 3 unspecified atom stereocenters. The van der Waals surface area contributed by atoms with Crippen LogP contribution >= 0.6 is 23.5 Å². The van der Waals surface area contributed by atoms with E-state index in [9.17, 15) is 42.9 Å². The highest BCUT2D eigenvalue weighted by molar-refractivity contribution is 8.01. The number of carbonyl (C=O) groups is 3. The molecule has 12 nitrogen and oxygen atoms in total. The van der Waals surface area contributed by atoms with Gasteiger partial charge in [0, 0.05) is 17.5 Å². The third-order valence-electron chi connectivity index (χ3n) is 5.65. The SMILES string of the molecule is O=C(O)CC(Sc1nn[nH]n1)C1=C(C(=O)O)N2C(=O)C(NCC(O)c3cccc(C(F)(F)F)c3)[C@@H]2SC1. The number of fused-ring (bicyclic) bond motifs is 1. The van der Waals surface area contributed by atoms with Gasteiger partial charge in [0.05, 0.1) is 18.1 Å². The van der Waals surface area contributed by atoms with Crippen LogP contribution in [0.4, 0.5) is 13.2 Å². The topological polar surface area (TPSA) is 182 Å². The predicted octanol–water partition coefficient (Wildman–Crippen LogP) is 1.10. The molecular weight excluding hydrogens is 541 g/mol. The van der Waals surface area contributed by atoms with Gasteiger partial charge in [0.15, 0.2) is 0 Å². The lowest BCUT2D eigenvalue weighted by atomic mass is 9.99. The third-order valence-corrected chi connectivity index (χ3v) is 8.07. The average Bonchev–Trinajstić information content (AvgIpc) is 3.35. The van der Waals surface area contributed by atoms with E-state index in [1.54, 1.807) is 0 Å². The molecule has 4 atom stereocenters. The number of carboxylic acids is 2. The van der Waals surface area contributed by atoms with Crippen LogP contribution in [0.25, 0.3) is 0 Å². The average molecular weight is 561 g/mol. The third kappa shape index (κ3) is 5.73. The summed E-state index contributed by atoms with van der Waals surface area (Å²) in [6.45, 7) is -0.253. The largest absolute Gasteiger partial charge is 0.481 e. The highest BCUT2D eigenvalue weighted by Crippen LogP contribution is 2.44. The number of hydrogen-bond acceptors (Lipinski definition) is 10. The molecule has 1 aromatic heterocycles. The number of alkyl halides is 3. The molecule has 1 aromatic carbocycles. The lowest BCUT2D eigenvalue weighted by Gasteiger charge is -2.50. The number of aliphatic carboxylic acids is 2. The number of hydrogen-bond donors (Lipinski definition) is 5. The van der Waals surface area contributed by atoms with Crippen LogP contribution in [0.3, 0.4) is 0 Å². The maximum atomic E-state index is 13.0. The Morgan fingerprint density at radius 1 is 1.32 bits per heavy atom. The van der Waals surface area contributed by atoms with Crippen LogP contribution in [-0.2, 0) is 20.6 Å². The summed E-state index contributed by atoms with van der Waals surface area (Å²) in [7, 11) is 0. The van der Waals surface area contributed by atoms with E-state index < -0.39 is 58.8 Å². The Hall–Kier alpha value is -3.15. The molecule has 37 heavy (non-hydrogen) atoms. The Balaban J connectivity index is 1.49. The number of aromatic nitrogens is 4. The van der Waals surface area contributed by atoms with Gasteiger partial charge in [-0.2, -0.15) is 18.4 Å². The van der Waals surface area contributed by atoms with Crippen molar-refractivity contribution in [3.63, 3.8) is 0 Å². The van der Waals surface area contributed by atoms with Crippen LogP contribution in [0.5, 0.6) is 0 Å². The quantitative estimate of drug-likeness (QED) is 0.206. The number of H-pyrrole nitrogens is 1. The molecule has 198 valence electrons. The zero-order chi connectivity index (χ0) is 26.9. The van der Waals surface area contributed by atoms with Crippen LogP contribution < -0.4 is 5.32 Å². The van der Waals surface area contributed by atoms with E-state index in [0.717, 1.165) is 28.8 Å². The molecule has 0 bridgehead atoms. The summed E-state index contributed by atoms with van der Waals surface area (Å²) < 4.78 is 38.9. The molecule has 1 fully saturated rings. The molecule has 5 N–H and O–H groups in total. The maximum absolute atomic E-state index is 13.0. The van der Waals surface area contributed by atoms with Gasteiger partial charge >= 0.3 is 18.1 Å². The Morgan fingerprint density at radius 2 is 2.08 bits per heavy atom. The second kappa shape index (κ2) is 10.7. The van der Waals surface area contributed by atoms with Gasteiger partial charge in [-0.1, -0.05) is 23.9 Å². The molecule has 0 saturated carbocycles. The lowest BCUT2D eigenvalue weighted by Crippen LogP contribution is -2.70. The summed E-state index contributed by atoms with van der Waals surface area (Å²) in [6, 6.07) is 3.29. The minimum atomic E-state index is -4.58. The number of rotatable bonds is 10. The Morgan fingerprint density at radius 3 is 2.70 bits per heavy atom. The van der Waals surface area contributed by atoms with Crippen molar-refractivity contribution in [2.24, 2.45) is 0 Å². The lowest BCUT2D eigenvalue weighted by molar-refractivity contribution is -0.149. The molecule has 2 aliphatic rings. The van der Waals surface area contributed by atoms with Crippen molar-refractivity contribution in [1.29, 1.82) is 0 Å². The number of carbonyl (C=O) groups excluding carboxylic acids is 1. The van der Waals surface area contributed by atoms with E-state index in [1.165, 1.54) is 23.9 Å². The number of aliphatic hydroxyl groups is 1. The fraction of sp³-hybridized carbons (Fsp3) is 0.400. The van der Waals surface area contributed by atoms with Gasteiger partial charge in [-0.15, -0.1) is 22.0 Å². The molecule has 4 rings (SSSR count). The molecular formula is C20H19F3N6O6S2. The number of aliphatic hydroxyl groups excluding tert-OH is 1. The van der Waals surface area contributed by atoms with E-state index in [-0.39, 0.29) is 34.3 Å². The van der Waals surface area contributed by atoms with Gasteiger partial charge in [-0.05, 0) is 28.5 Å². The molecule has 1 saturated heterocycles. The van der Waals surface area contributed by atoms with E-state index in [1.807, 2.05) is 0 Å². The number of nitrogens with zero attached hydrogens (tertiary/aromatic N) is 4. The number of thioether (sulfide) groups is 2. The number of nitrogens with one attached hydrogen (secondary N) is 2. The zero-order valence-electron chi connectivity index (χ0n) is 18.5. The Kier molecular flexibility index (Phi) is 7.77. The first-order chi connectivity index (χ1) is 17.5. The van der Waals surface area contributed by atoms with Gasteiger partial charge in [0.2, 0.25) is 11.1 Å². The second-order valence-electron chi connectivity index (χ2n) is 8.01. The van der Waals surface area contributed by atoms with E-state index in [0.29, 0.717) is 0 Å². The van der Waals surface area contributed by atoms with Crippen LogP contribution in [0.15, 0.2) is 40.7 Å². The summed E-state index contributed by atoms with van der Waals surface area (Å²) in [5, 5.41) is 44.1. The fourth-order valence-electron chi connectivity index (χ4n) is 3.95. The van der Waals surface area contributed by atoms with Crippen LogP contribution in [0, 0.1) is 0 Å². The number of halogens is 3. The molecule has 17 heteroatoms. The minimum Gasteiger partial charge on any atom is -0.481 e. The van der Waals surface area contributed by atoms with Crippen molar-refractivity contribution in [1.82, 2.24) is 30.8 Å². The number of tetrazole rings is 1. The van der Waals surface area contributed by atoms with E-state index in [4.69, 9.17) is 0 Å². The van der Waals surface area contributed by atoms with Crippen LogP contribution in [-0.4, -0.2) is 87.7 Å². The maximum Gasteiger partial charge on any atom is 0.416 e. The molecule has 0 radical (unpaired) electrons. The monoisotopic (exact) mass is 560 g/mol. The number of carboxylic acid groups (broad SMARTS) is 2. The first-order valence-corrected chi connectivity index (χ1v) is 12.5. The number of benzene rings is 1. The minimum absolute atomic E-state index is 0.00524. The molecule has 0 aliphatic carbocycles. The summed E-state index contributed by atoms with van der Waals surface area (Å²) in [5.41, 5.74) is -1.05. The number of amides is 1. The zero-order valence-corrected chi connectivity index (χ0v) is 20.2.